The van der Waals surface area contributed by atoms with Crippen molar-refractivity contribution in [2.24, 2.45) is 0 Å². The van der Waals surface area contributed by atoms with Gasteiger partial charge in [-0.2, -0.15) is 5.26 Å². The highest BCUT2D eigenvalue weighted by atomic mass is 35.5. The van der Waals surface area contributed by atoms with Crippen molar-refractivity contribution >= 4 is 34.9 Å². The van der Waals surface area contributed by atoms with E-state index in [1.54, 1.807) is 36.4 Å². The van der Waals surface area contributed by atoms with E-state index in [-0.39, 0.29) is 5.82 Å². The fraction of sp³-hybridized carbons (Fsp3) is 0. The summed E-state index contributed by atoms with van der Waals surface area (Å²) in [5, 5.41) is 10.1. The molecule has 2 aromatic rings. The molecule has 2 aromatic carbocycles. The van der Waals surface area contributed by atoms with Gasteiger partial charge in [-0.05, 0) is 35.9 Å². The Hall–Kier alpha value is -1.82. The molecule has 0 aliphatic heterocycles. The minimum atomic E-state index is -0.319. The summed E-state index contributed by atoms with van der Waals surface area (Å²) >= 11 is 11.9. The van der Waals surface area contributed by atoms with Gasteiger partial charge in [0.25, 0.3) is 0 Å². The molecule has 94 valence electrons. The van der Waals surface area contributed by atoms with Gasteiger partial charge in [-0.3, -0.25) is 0 Å². The normalized spacial score (nSPS) is 11.2. The monoisotopic (exact) mass is 291 g/mol. The van der Waals surface area contributed by atoms with Crippen molar-refractivity contribution in [3.63, 3.8) is 0 Å². The SMILES string of the molecule is N#CC(=Cc1ccc(F)cc1)c1ccc(Cl)cc1Cl. The molecule has 0 bridgehead atoms. The molecular formula is C15H8Cl2FN. The summed E-state index contributed by atoms with van der Waals surface area (Å²) in [4.78, 5) is 0. The molecule has 4 heteroatoms. The summed E-state index contributed by atoms with van der Waals surface area (Å²) < 4.78 is 12.8. The van der Waals surface area contributed by atoms with Crippen LogP contribution >= 0.6 is 23.2 Å². The maximum absolute atomic E-state index is 12.8. The van der Waals surface area contributed by atoms with Crippen LogP contribution in [0, 0.1) is 17.1 Å². The van der Waals surface area contributed by atoms with Crippen LogP contribution in [0.1, 0.15) is 11.1 Å². The van der Waals surface area contributed by atoms with Gasteiger partial charge in [0.1, 0.15) is 5.82 Å². The Kier molecular flexibility index (Phi) is 4.21. The molecule has 0 saturated heterocycles. The number of nitriles is 1. The van der Waals surface area contributed by atoms with Gasteiger partial charge in [-0.1, -0.05) is 41.4 Å². The molecule has 0 aliphatic rings. The van der Waals surface area contributed by atoms with Crippen LogP contribution in [-0.4, -0.2) is 0 Å². The zero-order chi connectivity index (χ0) is 13.8. The van der Waals surface area contributed by atoms with Gasteiger partial charge in [0.2, 0.25) is 0 Å². The van der Waals surface area contributed by atoms with Crippen LogP contribution in [0.25, 0.3) is 11.6 Å². The first kappa shape index (κ1) is 13.6. The third-order valence-corrected chi connectivity index (χ3v) is 3.07. The molecule has 0 aromatic heterocycles. The zero-order valence-electron chi connectivity index (χ0n) is 9.70. The molecule has 1 nitrogen and oxygen atoms in total. The van der Waals surface area contributed by atoms with E-state index < -0.39 is 0 Å². The summed E-state index contributed by atoms with van der Waals surface area (Å²) in [6.45, 7) is 0. The summed E-state index contributed by atoms with van der Waals surface area (Å²) in [6, 6.07) is 12.9. The van der Waals surface area contributed by atoms with Gasteiger partial charge < -0.3 is 0 Å². The molecule has 0 N–H and O–H groups in total. The van der Waals surface area contributed by atoms with Crippen LogP contribution in [0.4, 0.5) is 4.39 Å². The van der Waals surface area contributed by atoms with Crippen LogP contribution < -0.4 is 0 Å². The van der Waals surface area contributed by atoms with Gasteiger partial charge >= 0.3 is 0 Å². The van der Waals surface area contributed by atoms with E-state index in [0.29, 0.717) is 21.2 Å². The largest absolute Gasteiger partial charge is 0.207 e. The van der Waals surface area contributed by atoms with Crippen molar-refractivity contribution in [3.05, 3.63) is 69.5 Å². The van der Waals surface area contributed by atoms with Gasteiger partial charge in [0.05, 0.1) is 16.7 Å². The Bertz CT molecular complexity index is 670. The molecular weight excluding hydrogens is 284 g/mol. The lowest BCUT2D eigenvalue weighted by Crippen LogP contribution is -1.84. The second-order valence-corrected chi connectivity index (χ2v) is 4.69. The van der Waals surface area contributed by atoms with Gasteiger partial charge in [-0.15, -0.1) is 0 Å². The van der Waals surface area contributed by atoms with Crippen LogP contribution in [0.3, 0.4) is 0 Å². The first-order valence-corrected chi connectivity index (χ1v) is 6.18. The Morgan fingerprint density at radius 2 is 1.79 bits per heavy atom. The van der Waals surface area contributed by atoms with E-state index in [2.05, 4.69) is 6.07 Å². The van der Waals surface area contributed by atoms with Crippen molar-refractivity contribution < 1.29 is 4.39 Å². The fourth-order valence-corrected chi connectivity index (χ4v) is 2.11. The average molecular weight is 292 g/mol. The summed E-state index contributed by atoms with van der Waals surface area (Å²) in [5.74, 6) is -0.319. The number of allylic oxidation sites excluding steroid dienone is 1. The van der Waals surface area contributed by atoms with E-state index in [9.17, 15) is 9.65 Å². The molecule has 0 spiro atoms. The number of nitrogens with zero attached hydrogens (tertiary/aromatic N) is 1. The maximum atomic E-state index is 12.8. The number of hydrogen-bond acceptors (Lipinski definition) is 1. The molecule has 0 amide bonds. The van der Waals surface area contributed by atoms with Crippen LogP contribution in [0.15, 0.2) is 42.5 Å². The van der Waals surface area contributed by atoms with E-state index in [1.165, 1.54) is 12.1 Å². The predicted octanol–water partition coefficient (Wildman–Crippen LogP) is 5.20. The fourth-order valence-electron chi connectivity index (χ4n) is 1.60. The number of hydrogen-bond donors (Lipinski definition) is 0. The number of halogens is 3. The topological polar surface area (TPSA) is 23.8 Å². The average Bonchev–Trinajstić information content (AvgIpc) is 2.39. The van der Waals surface area contributed by atoms with E-state index in [1.807, 2.05) is 0 Å². The minimum Gasteiger partial charge on any atom is -0.207 e. The van der Waals surface area contributed by atoms with Crippen molar-refractivity contribution in [3.8, 4) is 6.07 Å². The Morgan fingerprint density at radius 3 is 2.37 bits per heavy atom. The molecule has 19 heavy (non-hydrogen) atoms. The molecule has 0 saturated carbocycles. The molecule has 0 fully saturated rings. The molecule has 0 heterocycles. The molecule has 2 rings (SSSR count). The van der Waals surface area contributed by atoms with E-state index in [4.69, 9.17) is 23.2 Å². The van der Waals surface area contributed by atoms with Gasteiger partial charge in [0.15, 0.2) is 0 Å². The first-order valence-electron chi connectivity index (χ1n) is 5.43. The van der Waals surface area contributed by atoms with Crippen molar-refractivity contribution in [1.82, 2.24) is 0 Å². The summed E-state index contributed by atoms with van der Waals surface area (Å²) in [6.07, 6.45) is 1.65. The standard InChI is InChI=1S/C15H8Cl2FN/c16-12-3-6-14(15(17)8-12)11(9-19)7-10-1-4-13(18)5-2-10/h1-8H. The lowest BCUT2D eigenvalue weighted by atomic mass is 10.0. The van der Waals surface area contributed by atoms with Gasteiger partial charge in [0, 0.05) is 10.6 Å². The third-order valence-electron chi connectivity index (χ3n) is 2.52. The van der Waals surface area contributed by atoms with Crippen molar-refractivity contribution in [2.75, 3.05) is 0 Å². The first-order chi connectivity index (χ1) is 9.10. The van der Waals surface area contributed by atoms with Crippen LogP contribution in [0.2, 0.25) is 10.0 Å². The highest BCUT2D eigenvalue weighted by molar-refractivity contribution is 6.36. The highest BCUT2D eigenvalue weighted by Crippen LogP contribution is 2.28. The second kappa shape index (κ2) is 5.88. The summed E-state index contributed by atoms with van der Waals surface area (Å²) in [7, 11) is 0. The maximum Gasteiger partial charge on any atom is 0.123 e. The highest BCUT2D eigenvalue weighted by Gasteiger charge is 2.07. The van der Waals surface area contributed by atoms with E-state index in [0.717, 1.165) is 5.56 Å². The zero-order valence-corrected chi connectivity index (χ0v) is 11.2. The Morgan fingerprint density at radius 1 is 1.11 bits per heavy atom. The number of rotatable bonds is 2. The van der Waals surface area contributed by atoms with Gasteiger partial charge in [-0.25, -0.2) is 4.39 Å². The predicted molar refractivity (Wildman–Crippen MR) is 76.3 cm³/mol. The lowest BCUT2D eigenvalue weighted by Gasteiger charge is -2.03. The lowest BCUT2D eigenvalue weighted by molar-refractivity contribution is 0.628. The number of benzene rings is 2. The van der Waals surface area contributed by atoms with E-state index >= 15 is 0 Å². The minimum absolute atomic E-state index is 0.319. The third kappa shape index (κ3) is 3.35. The van der Waals surface area contributed by atoms with Crippen molar-refractivity contribution in [1.29, 1.82) is 5.26 Å². The Labute approximate surface area is 120 Å². The van der Waals surface area contributed by atoms with Crippen molar-refractivity contribution in [2.45, 2.75) is 0 Å². The second-order valence-electron chi connectivity index (χ2n) is 3.85. The Balaban J connectivity index is 2.45. The smallest absolute Gasteiger partial charge is 0.123 e. The van der Waals surface area contributed by atoms with Crippen LogP contribution in [-0.2, 0) is 0 Å². The molecule has 0 aliphatic carbocycles. The van der Waals surface area contributed by atoms with Crippen LogP contribution in [0.5, 0.6) is 0 Å². The molecule has 0 atom stereocenters. The molecule has 0 radical (unpaired) electrons. The quantitative estimate of drug-likeness (QED) is 0.551. The summed E-state index contributed by atoms with van der Waals surface area (Å²) in [5.41, 5.74) is 1.72. The molecule has 0 unspecified atom stereocenters.